The minimum Gasteiger partial charge on any atom is -0.400 e. The van der Waals surface area contributed by atoms with Crippen molar-refractivity contribution >= 4 is 30.1 Å². The highest BCUT2D eigenvalue weighted by Crippen LogP contribution is 2.39. The van der Waals surface area contributed by atoms with Crippen LogP contribution in [0.5, 0.6) is 0 Å². The molecule has 3 nitrogen and oxygen atoms in total. The molecule has 1 aliphatic heterocycles. The lowest BCUT2D eigenvalue weighted by molar-refractivity contribution is -0.109. The zero-order chi connectivity index (χ0) is 20.4. The largest absolute Gasteiger partial charge is 0.491 e. The molecule has 0 atom stereocenters. The second-order valence-corrected chi connectivity index (χ2v) is 9.23. The van der Waals surface area contributed by atoms with E-state index in [9.17, 15) is 4.79 Å². The van der Waals surface area contributed by atoms with Crippen LogP contribution in [-0.2, 0) is 14.1 Å². The first-order chi connectivity index (χ1) is 13.2. The molecule has 0 N–H and O–H groups in total. The van der Waals surface area contributed by atoms with E-state index in [0.717, 1.165) is 16.6 Å². The van der Waals surface area contributed by atoms with Gasteiger partial charge in [0.2, 0.25) is 0 Å². The maximum absolute atomic E-state index is 11.6. The molecule has 146 valence electrons. The molecule has 0 aliphatic carbocycles. The van der Waals surface area contributed by atoms with Crippen molar-refractivity contribution < 1.29 is 14.1 Å². The van der Waals surface area contributed by atoms with Crippen LogP contribution in [0.15, 0.2) is 60.1 Å². The third-order valence-electron chi connectivity index (χ3n) is 5.34. The van der Waals surface area contributed by atoms with Crippen molar-refractivity contribution in [3.8, 4) is 11.1 Å². The fourth-order valence-corrected chi connectivity index (χ4v) is 3.60. The molecule has 3 rings (SSSR count). The van der Waals surface area contributed by atoms with Crippen molar-refractivity contribution in [3.05, 3.63) is 65.6 Å². The van der Waals surface area contributed by atoms with Crippen LogP contribution in [0.1, 0.15) is 40.2 Å². The fourth-order valence-electron chi connectivity index (χ4n) is 3.01. The highest BCUT2D eigenvalue weighted by Gasteiger charge is 2.52. The normalized spacial score (nSPS) is 18.3. The summed E-state index contributed by atoms with van der Waals surface area (Å²) in [6.45, 7) is 9.75. The number of benzene rings is 2. The first kappa shape index (κ1) is 20.9. The van der Waals surface area contributed by atoms with E-state index >= 15 is 0 Å². The Morgan fingerprint density at radius 1 is 0.964 bits per heavy atom. The van der Waals surface area contributed by atoms with E-state index in [2.05, 4.69) is 36.4 Å². The second-order valence-electron chi connectivity index (χ2n) is 8.08. The quantitative estimate of drug-likeness (QED) is 0.614. The van der Waals surface area contributed by atoms with Crippen LogP contribution in [0, 0.1) is 0 Å². The van der Waals surface area contributed by atoms with Gasteiger partial charge in [-0.3, -0.25) is 4.79 Å². The Morgan fingerprint density at radius 2 is 1.57 bits per heavy atom. The molecule has 0 unspecified atom stereocenters. The van der Waals surface area contributed by atoms with Gasteiger partial charge in [0.15, 0.2) is 5.12 Å². The SMILES string of the molecule is CC(=O)SCC(=Cc1cccc(-c2ccccc2)c1)B1OC(C)(C)C(C)(C)O1. The molecule has 28 heavy (non-hydrogen) atoms. The van der Waals surface area contributed by atoms with Crippen molar-refractivity contribution in [3.63, 3.8) is 0 Å². The average Bonchev–Trinajstić information content (AvgIpc) is 2.87. The molecule has 0 saturated carbocycles. The fraction of sp³-hybridized carbons (Fsp3) is 0.348. The molecule has 0 spiro atoms. The van der Waals surface area contributed by atoms with Crippen LogP contribution >= 0.6 is 11.8 Å². The lowest BCUT2D eigenvalue weighted by Crippen LogP contribution is -2.41. The number of carbonyl (C=O) groups excluding carboxylic acids is 1. The summed E-state index contributed by atoms with van der Waals surface area (Å²) in [5.74, 6) is 0.543. The predicted molar refractivity (Wildman–Crippen MR) is 119 cm³/mol. The number of carbonyl (C=O) groups is 1. The number of hydrogen-bond acceptors (Lipinski definition) is 4. The molecule has 5 heteroatoms. The molecular weight excluding hydrogens is 367 g/mol. The van der Waals surface area contributed by atoms with Gasteiger partial charge in [-0.05, 0) is 55.9 Å². The molecule has 0 amide bonds. The zero-order valence-electron chi connectivity index (χ0n) is 17.2. The number of rotatable bonds is 5. The van der Waals surface area contributed by atoms with E-state index in [4.69, 9.17) is 9.31 Å². The smallest absolute Gasteiger partial charge is 0.400 e. The summed E-state index contributed by atoms with van der Waals surface area (Å²) in [5, 5.41) is 0.0838. The lowest BCUT2D eigenvalue weighted by Gasteiger charge is -2.32. The molecule has 0 bridgehead atoms. The van der Waals surface area contributed by atoms with Crippen LogP contribution in [0.4, 0.5) is 0 Å². The Balaban J connectivity index is 1.93. The lowest BCUT2D eigenvalue weighted by atomic mass is 9.78. The van der Waals surface area contributed by atoms with Crippen LogP contribution < -0.4 is 0 Å². The molecule has 2 aromatic carbocycles. The van der Waals surface area contributed by atoms with Gasteiger partial charge in [-0.15, -0.1) is 0 Å². The van der Waals surface area contributed by atoms with Gasteiger partial charge < -0.3 is 9.31 Å². The number of thioether (sulfide) groups is 1. The van der Waals surface area contributed by atoms with Gasteiger partial charge in [0.1, 0.15) is 0 Å². The minimum absolute atomic E-state index is 0.0838. The van der Waals surface area contributed by atoms with E-state index in [1.54, 1.807) is 6.92 Å². The summed E-state index contributed by atoms with van der Waals surface area (Å²) >= 11 is 1.28. The Hall–Kier alpha value is -1.82. The monoisotopic (exact) mass is 394 g/mol. The van der Waals surface area contributed by atoms with Crippen LogP contribution in [0.2, 0.25) is 0 Å². The van der Waals surface area contributed by atoms with Gasteiger partial charge in [0, 0.05) is 12.7 Å². The Morgan fingerprint density at radius 3 is 2.18 bits per heavy atom. The highest BCUT2D eigenvalue weighted by molar-refractivity contribution is 8.13. The van der Waals surface area contributed by atoms with E-state index < -0.39 is 18.3 Å². The topological polar surface area (TPSA) is 35.5 Å². The molecule has 2 aromatic rings. The summed E-state index contributed by atoms with van der Waals surface area (Å²) in [5.41, 5.74) is 3.53. The van der Waals surface area contributed by atoms with Gasteiger partial charge in [-0.1, -0.05) is 66.4 Å². The molecule has 1 aliphatic rings. The molecule has 1 fully saturated rings. The van der Waals surface area contributed by atoms with Crippen molar-refractivity contribution in [2.75, 3.05) is 5.75 Å². The van der Waals surface area contributed by atoms with Crippen molar-refractivity contribution in [1.82, 2.24) is 0 Å². The van der Waals surface area contributed by atoms with Gasteiger partial charge in [0.05, 0.1) is 11.2 Å². The van der Waals surface area contributed by atoms with Gasteiger partial charge in [0.25, 0.3) is 0 Å². The van der Waals surface area contributed by atoms with Crippen LogP contribution in [-0.4, -0.2) is 29.2 Å². The Bertz CT molecular complexity index is 858. The third kappa shape index (κ3) is 4.77. The summed E-state index contributed by atoms with van der Waals surface area (Å²) < 4.78 is 12.5. The minimum atomic E-state index is -0.461. The highest BCUT2D eigenvalue weighted by atomic mass is 32.2. The summed E-state index contributed by atoms with van der Waals surface area (Å²) in [6, 6.07) is 18.7. The first-order valence-corrected chi connectivity index (χ1v) is 10.5. The standard InChI is InChI=1S/C23H27BO3S/c1-17(25)28-16-21(24-26-22(2,3)23(4,5)27-24)15-18-10-9-13-20(14-18)19-11-7-6-8-12-19/h6-15H,16H2,1-5H3. The molecule has 1 saturated heterocycles. The molecule has 0 aromatic heterocycles. The van der Waals surface area contributed by atoms with E-state index in [1.165, 1.54) is 17.3 Å². The second kappa shape index (κ2) is 8.28. The average molecular weight is 394 g/mol. The van der Waals surface area contributed by atoms with Gasteiger partial charge >= 0.3 is 7.12 Å². The molecule has 1 heterocycles. The summed E-state index contributed by atoms with van der Waals surface area (Å²) in [6.07, 6.45) is 2.09. The van der Waals surface area contributed by atoms with E-state index in [1.807, 2.05) is 52.0 Å². The van der Waals surface area contributed by atoms with Crippen molar-refractivity contribution in [2.24, 2.45) is 0 Å². The number of hydrogen-bond donors (Lipinski definition) is 0. The van der Waals surface area contributed by atoms with E-state index in [-0.39, 0.29) is 5.12 Å². The van der Waals surface area contributed by atoms with Crippen molar-refractivity contribution in [2.45, 2.75) is 45.8 Å². The van der Waals surface area contributed by atoms with E-state index in [0.29, 0.717) is 5.75 Å². The van der Waals surface area contributed by atoms with Crippen LogP contribution in [0.3, 0.4) is 0 Å². The maximum atomic E-state index is 11.6. The first-order valence-electron chi connectivity index (χ1n) is 9.53. The van der Waals surface area contributed by atoms with Crippen LogP contribution in [0.25, 0.3) is 17.2 Å². The summed E-state index contributed by atoms with van der Waals surface area (Å²) in [4.78, 5) is 11.6. The zero-order valence-corrected chi connectivity index (χ0v) is 18.0. The summed E-state index contributed by atoms with van der Waals surface area (Å²) in [7, 11) is -0.461. The molecular formula is C23H27BO3S. The maximum Gasteiger partial charge on any atom is 0.491 e. The van der Waals surface area contributed by atoms with Gasteiger partial charge in [-0.2, -0.15) is 0 Å². The van der Waals surface area contributed by atoms with Gasteiger partial charge in [-0.25, -0.2) is 0 Å². The predicted octanol–water partition coefficient (Wildman–Crippen LogP) is 5.65. The third-order valence-corrected chi connectivity index (χ3v) is 6.23. The Kier molecular flexibility index (Phi) is 6.18. The molecule has 0 radical (unpaired) electrons. The Labute approximate surface area is 172 Å². The van der Waals surface area contributed by atoms with Crippen molar-refractivity contribution in [1.29, 1.82) is 0 Å².